The van der Waals surface area contributed by atoms with Crippen LogP contribution in [0.25, 0.3) is 22.2 Å². The third-order valence-electron chi connectivity index (χ3n) is 6.13. The van der Waals surface area contributed by atoms with E-state index in [0.29, 0.717) is 22.2 Å². The van der Waals surface area contributed by atoms with E-state index >= 15 is 0 Å². The maximum atomic E-state index is 13.3. The van der Waals surface area contributed by atoms with Gasteiger partial charge in [0.25, 0.3) is 5.91 Å². The minimum Gasteiger partial charge on any atom is -0.452 e. The van der Waals surface area contributed by atoms with Crippen LogP contribution in [0.4, 0.5) is 5.69 Å². The van der Waals surface area contributed by atoms with Gasteiger partial charge in [-0.3, -0.25) is 4.79 Å². The predicted molar refractivity (Wildman–Crippen MR) is 136 cm³/mol. The zero-order valence-corrected chi connectivity index (χ0v) is 20.2. The second-order valence-electron chi connectivity index (χ2n) is 8.72. The molecule has 0 spiro atoms. The summed E-state index contributed by atoms with van der Waals surface area (Å²) in [4.78, 5) is 30.7. The van der Waals surface area contributed by atoms with E-state index in [1.54, 1.807) is 0 Å². The summed E-state index contributed by atoms with van der Waals surface area (Å²) in [6, 6.07) is 19.5. The largest absolute Gasteiger partial charge is 0.452 e. The van der Waals surface area contributed by atoms with E-state index in [2.05, 4.69) is 5.32 Å². The number of anilines is 1. The van der Waals surface area contributed by atoms with Crippen LogP contribution < -0.4 is 5.32 Å². The summed E-state index contributed by atoms with van der Waals surface area (Å²) in [6.07, 6.45) is 0. The number of ether oxygens (including phenoxy) is 1. The lowest BCUT2D eigenvalue weighted by atomic mass is 9.96. The molecule has 0 aliphatic carbocycles. The fraction of sp³-hybridized carbons (Fsp3) is 0.207. The van der Waals surface area contributed by atoms with Gasteiger partial charge in [-0.15, -0.1) is 0 Å². The van der Waals surface area contributed by atoms with Crippen molar-refractivity contribution in [2.45, 2.75) is 34.6 Å². The van der Waals surface area contributed by atoms with Crippen LogP contribution in [0.5, 0.6) is 0 Å². The van der Waals surface area contributed by atoms with Gasteiger partial charge in [-0.2, -0.15) is 0 Å². The van der Waals surface area contributed by atoms with Crippen molar-refractivity contribution in [3.8, 4) is 11.3 Å². The van der Waals surface area contributed by atoms with Gasteiger partial charge in [0, 0.05) is 16.6 Å². The topological polar surface area (TPSA) is 68.3 Å². The molecule has 0 saturated heterocycles. The Balaban J connectivity index is 1.65. The average molecular weight is 453 g/mol. The number of fused-ring (bicyclic) bond motifs is 1. The first-order valence-electron chi connectivity index (χ1n) is 11.3. The van der Waals surface area contributed by atoms with Gasteiger partial charge < -0.3 is 10.1 Å². The number of pyridine rings is 1. The molecule has 1 aromatic heterocycles. The molecule has 34 heavy (non-hydrogen) atoms. The number of hydrogen-bond acceptors (Lipinski definition) is 4. The van der Waals surface area contributed by atoms with Gasteiger partial charge in [0.2, 0.25) is 0 Å². The first-order valence-corrected chi connectivity index (χ1v) is 11.3. The number of benzene rings is 3. The van der Waals surface area contributed by atoms with Crippen molar-refractivity contribution < 1.29 is 14.3 Å². The van der Waals surface area contributed by atoms with Gasteiger partial charge >= 0.3 is 5.97 Å². The van der Waals surface area contributed by atoms with E-state index in [-0.39, 0.29) is 12.5 Å². The predicted octanol–water partition coefficient (Wildman–Crippen LogP) is 6.24. The Hall–Kier alpha value is -3.99. The Morgan fingerprint density at radius 1 is 0.853 bits per heavy atom. The van der Waals surface area contributed by atoms with E-state index in [9.17, 15) is 9.59 Å². The summed E-state index contributed by atoms with van der Waals surface area (Å²) in [5, 5.41) is 3.55. The molecule has 4 rings (SSSR count). The molecular weight excluding hydrogens is 424 g/mol. The maximum Gasteiger partial charge on any atom is 0.339 e. The van der Waals surface area contributed by atoms with E-state index in [4.69, 9.17) is 9.72 Å². The molecule has 5 heteroatoms. The number of hydrogen-bond donors (Lipinski definition) is 1. The highest BCUT2D eigenvalue weighted by Crippen LogP contribution is 2.31. The number of rotatable bonds is 5. The van der Waals surface area contributed by atoms with Gasteiger partial charge in [-0.1, -0.05) is 53.6 Å². The summed E-state index contributed by atoms with van der Waals surface area (Å²) in [7, 11) is 0. The van der Waals surface area contributed by atoms with Gasteiger partial charge in [-0.25, -0.2) is 9.78 Å². The molecule has 0 aliphatic heterocycles. The molecule has 3 aromatic carbocycles. The maximum absolute atomic E-state index is 13.3. The lowest BCUT2D eigenvalue weighted by Gasteiger charge is -2.15. The molecule has 1 amide bonds. The minimum absolute atomic E-state index is 0.374. The van der Waals surface area contributed by atoms with Crippen LogP contribution in [0, 0.1) is 34.6 Å². The Morgan fingerprint density at radius 3 is 2.29 bits per heavy atom. The molecule has 4 aromatic rings. The van der Waals surface area contributed by atoms with E-state index in [1.165, 1.54) is 0 Å². The van der Waals surface area contributed by atoms with Crippen LogP contribution >= 0.6 is 0 Å². The van der Waals surface area contributed by atoms with Crippen LogP contribution in [0.2, 0.25) is 0 Å². The number of amides is 1. The highest BCUT2D eigenvalue weighted by molar-refractivity contribution is 6.07. The zero-order chi connectivity index (χ0) is 24.4. The molecular formula is C29H28N2O3. The molecule has 5 nitrogen and oxygen atoms in total. The Labute approximate surface area is 199 Å². The number of nitrogens with zero attached hydrogens (tertiary/aromatic N) is 1. The molecule has 1 heterocycles. The first kappa shape index (κ1) is 23.2. The number of nitrogens with one attached hydrogen (secondary N) is 1. The normalized spacial score (nSPS) is 10.9. The zero-order valence-electron chi connectivity index (χ0n) is 20.2. The molecule has 1 N–H and O–H groups in total. The van der Waals surface area contributed by atoms with Crippen LogP contribution in [0.1, 0.15) is 38.2 Å². The Bertz CT molecular complexity index is 1410. The van der Waals surface area contributed by atoms with Crippen molar-refractivity contribution in [3.05, 3.63) is 94.0 Å². The second-order valence-corrected chi connectivity index (χ2v) is 8.72. The number of aryl methyl sites for hydroxylation is 3. The number of esters is 1. The fourth-order valence-corrected chi connectivity index (χ4v) is 4.00. The van der Waals surface area contributed by atoms with Crippen molar-refractivity contribution in [1.29, 1.82) is 0 Å². The van der Waals surface area contributed by atoms with Crippen LogP contribution in [-0.2, 0) is 9.53 Å². The van der Waals surface area contributed by atoms with Crippen LogP contribution in [0.3, 0.4) is 0 Å². The van der Waals surface area contributed by atoms with Gasteiger partial charge in [0.15, 0.2) is 6.61 Å². The van der Waals surface area contributed by atoms with E-state index in [0.717, 1.165) is 39.1 Å². The van der Waals surface area contributed by atoms with Crippen molar-refractivity contribution in [1.82, 2.24) is 4.98 Å². The lowest BCUT2D eigenvalue weighted by molar-refractivity contribution is -0.119. The molecule has 0 bridgehead atoms. The van der Waals surface area contributed by atoms with Crippen molar-refractivity contribution >= 4 is 28.5 Å². The molecule has 172 valence electrons. The highest BCUT2D eigenvalue weighted by Gasteiger charge is 2.21. The highest BCUT2D eigenvalue weighted by atomic mass is 16.5. The third-order valence-corrected chi connectivity index (χ3v) is 6.13. The Morgan fingerprint density at radius 2 is 1.56 bits per heavy atom. The summed E-state index contributed by atoms with van der Waals surface area (Å²) < 4.78 is 5.49. The quantitative estimate of drug-likeness (QED) is 0.364. The molecule has 0 unspecified atom stereocenters. The number of aromatic nitrogens is 1. The lowest BCUT2D eigenvalue weighted by Crippen LogP contribution is -2.22. The second kappa shape index (κ2) is 9.48. The van der Waals surface area contributed by atoms with Crippen molar-refractivity contribution in [3.63, 3.8) is 0 Å². The molecule has 0 fully saturated rings. The Kier molecular flexibility index (Phi) is 6.46. The summed E-state index contributed by atoms with van der Waals surface area (Å²) in [5.41, 5.74) is 8.44. The first-order chi connectivity index (χ1) is 16.2. The summed E-state index contributed by atoms with van der Waals surface area (Å²) in [6.45, 7) is 9.42. The van der Waals surface area contributed by atoms with Crippen molar-refractivity contribution in [2.24, 2.45) is 0 Å². The van der Waals surface area contributed by atoms with Gasteiger partial charge in [0.05, 0.1) is 16.8 Å². The fourth-order valence-electron chi connectivity index (χ4n) is 4.00. The SMILES string of the molecule is Cc1ccc(-c2nc3ccc(C)cc3c(C(=O)OCC(=O)Nc3cccc(C)c3C)c2C)cc1. The van der Waals surface area contributed by atoms with E-state index < -0.39 is 5.97 Å². The molecule has 0 saturated carbocycles. The number of carbonyl (C=O) groups is 2. The summed E-state index contributed by atoms with van der Waals surface area (Å²) >= 11 is 0. The molecule has 0 atom stereocenters. The number of carbonyl (C=O) groups excluding carboxylic acids is 2. The van der Waals surface area contributed by atoms with Crippen LogP contribution in [-0.4, -0.2) is 23.5 Å². The summed E-state index contributed by atoms with van der Waals surface area (Å²) in [5.74, 6) is -0.923. The average Bonchev–Trinajstić information content (AvgIpc) is 2.81. The van der Waals surface area contributed by atoms with Crippen molar-refractivity contribution in [2.75, 3.05) is 11.9 Å². The molecule has 0 radical (unpaired) electrons. The standard InChI is InChI=1S/C29H28N2O3/c1-17-9-12-22(13-10-17)28-21(5)27(23-15-18(2)11-14-25(23)31-28)29(33)34-16-26(32)30-24-8-6-7-19(3)20(24)4/h6-15H,16H2,1-5H3,(H,30,32). The minimum atomic E-state index is -0.542. The van der Waals surface area contributed by atoms with Gasteiger partial charge in [0.1, 0.15) is 0 Å². The van der Waals surface area contributed by atoms with Crippen LogP contribution in [0.15, 0.2) is 60.7 Å². The van der Waals surface area contributed by atoms with E-state index in [1.807, 2.05) is 95.3 Å². The molecule has 0 aliphatic rings. The third kappa shape index (κ3) is 4.69. The monoisotopic (exact) mass is 452 g/mol. The van der Waals surface area contributed by atoms with Gasteiger partial charge in [-0.05, 0) is 69.5 Å². The smallest absolute Gasteiger partial charge is 0.339 e.